The molecule has 1 aliphatic heterocycles. The third kappa shape index (κ3) is 2.61. The minimum absolute atomic E-state index is 0.0669. The number of aliphatic hydroxyl groups excluding tert-OH is 1. The SMILES string of the molecule is CC[C@H]1O[C@@H](c2ccncc2[N+](=O)[O-])CC(=O)[C@@H]1O. The summed E-state index contributed by atoms with van der Waals surface area (Å²) in [5.74, 6) is -0.353. The minimum Gasteiger partial charge on any atom is -0.383 e. The number of ether oxygens (including phenoxy) is 1. The molecule has 1 N–H and O–H groups in total. The number of nitrogens with zero attached hydrogens (tertiary/aromatic N) is 2. The van der Waals surface area contributed by atoms with E-state index in [9.17, 15) is 20.0 Å². The largest absolute Gasteiger partial charge is 0.383 e. The first-order valence-corrected chi connectivity index (χ1v) is 5.99. The molecule has 1 aromatic heterocycles. The van der Waals surface area contributed by atoms with E-state index in [-0.39, 0.29) is 17.9 Å². The Balaban J connectivity index is 2.32. The molecule has 19 heavy (non-hydrogen) atoms. The fourth-order valence-corrected chi connectivity index (χ4v) is 2.17. The first-order chi connectivity index (χ1) is 9.04. The van der Waals surface area contributed by atoms with Gasteiger partial charge < -0.3 is 9.84 Å². The van der Waals surface area contributed by atoms with Gasteiger partial charge >= 0.3 is 0 Å². The lowest BCUT2D eigenvalue weighted by Crippen LogP contribution is -2.42. The maximum absolute atomic E-state index is 11.7. The van der Waals surface area contributed by atoms with Crippen molar-refractivity contribution in [2.24, 2.45) is 0 Å². The number of hydrogen-bond acceptors (Lipinski definition) is 6. The van der Waals surface area contributed by atoms with E-state index in [1.165, 1.54) is 12.3 Å². The molecular formula is C12H14N2O5. The summed E-state index contributed by atoms with van der Waals surface area (Å²) in [6.45, 7) is 1.78. The molecule has 102 valence electrons. The van der Waals surface area contributed by atoms with Crippen molar-refractivity contribution in [1.29, 1.82) is 0 Å². The van der Waals surface area contributed by atoms with E-state index in [1.54, 1.807) is 6.92 Å². The predicted octanol–water partition coefficient (Wildman–Crippen LogP) is 1.16. The Morgan fingerprint density at radius 1 is 1.63 bits per heavy atom. The topological polar surface area (TPSA) is 103 Å². The van der Waals surface area contributed by atoms with E-state index in [0.29, 0.717) is 12.0 Å². The Labute approximate surface area is 109 Å². The molecule has 0 spiro atoms. The smallest absolute Gasteiger partial charge is 0.293 e. The zero-order chi connectivity index (χ0) is 14.0. The fourth-order valence-electron chi connectivity index (χ4n) is 2.17. The summed E-state index contributed by atoms with van der Waals surface area (Å²) in [5.41, 5.74) is 0.144. The van der Waals surface area contributed by atoms with E-state index < -0.39 is 23.2 Å². The van der Waals surface area contributed by atoms with Crippen LogP contribution in [0.2, 0.25) is 0 Å². The van der Waals surface area contributed by atoms with E-state index in [0.717, 1.165) is 6.20 Å². The van der Waals surface area contributed by atoms with Gasteiger partial charge in [-0.2, -0.15) is 0 Å². The Bertz CT molecular complexity index is 505. The molecule has 0 amide bonds. The van der Waals surface area contributed by atoms with Gasteiger partial charge in [0.1, 0.15) is 12.3 Å². The monoisotopic (exact) mass is 266 g/mol. The molecule has 1 fully saturated rings. The van der Waals surface area contributed by atoms with Crippen molar-refractivity contribution in [2.75, 3.05) is 0 Å². The van der Waals surface area contributed by atoms with Crippen molar-refractivity contribution < 1.29 is 19.6 Å². The third-order valence-electron chi connectivity index (χ3n) is 3.19. The standard InChI is InChI=1S/C12H14N2O5/c1-2-10-12(16)9(15)5-11(19-10)7-3-4-13-6-8(7)14(17)18/h3-4,6,10-12,16H,2,5H2,1H3/t10-,11-,12+/m1/s1. The van der Waals surface area contributed by atoms with Crippen molar-refractivity contribution in [1.82, 2.24) is 4.98 Å². The summed E-state index contributed by atoms with van der Waals surface area (Å²) in [6.07, 6.45) is 0.465. The number of carbonyl (C=O) groups excluding carboxylic acids is 1. The van der Waals surface area contributed by atoms with Crippen LogP contribution in [0.3, 0.4) is 0 Å². The van der Waals surface area contributed by atoms with Crippen molar-refractivity contribution in [3.8, 4) is 0 Å². The van der Waals surface area contributed by atoms with Gasteiger partial charge in [0.15, 0.2) is 5.78 Å². The Hall–Kier alpha value is -1.86. The molecule has 2 heterocycles. The first kappa shape index (κ1) is 13.6. The molecule has 0 unspecified atom stereocenters. The van der Waals surface area contributed by atoms with Gasteiger partial charge in [-0.25, -0.2) is 0 Å². The maximum atomic E-state index is 11.7. The molecule has 3 atom stereocenters. The second kappa shape index (κ2) is 5.41. The zero-order valence-electron chi connectivity index (χ0n) is 10.4. The summed E-state index contributed by atoms with van der Waals surface area (Å²) in [7, 11) is 0. The number of aromatic nitrogens is 1. The summed E-state index contributed by atoms with van der Waals surface area (Å²) < 4.78 is 5.59. The highest BCUT2D eigenvalue weighted by Crippen LogP contribution is 2.34. The van der Waals surface area contributed by atoms with Crippen molar-refractivity contribution in [3.63, 3.8) is 0 Å². The van der Waals surface area contributed by atoms with Crippen LogP contribution in [0.5, 0.6) is 0 Å². The van der Waals surface area contributed by atoms with Crippen LogP contribution in [0.4, 0.5) is 5.69 Å². The molecule has 0 aliphatic carbocycles. The Morgan fingerprint density at radius 3 is 3.00 bits per heavy atom. The van der Waals surface area contributed by atoms with E-state index >= 15 is 0 Å². The molecule has 2 rings (SSSR count). The van der Waals surface area contributed by atoms with E-state index in [1.807, 2.05) is 0 Å². The zero-order valence-corrected chi connectivity index (χ0v) is 10.4. The van der Waals surface area contributed by atoms with Crippen LogP contribution in [0.25, 0.3) is 0 Å². The number of Topliss-reactive ketones (excluding diaryl/α,β-unsaturated/α-hetero) is 1. The molecular weight excluding hydrogens is 252 g/mol. The lowest BCUT2D eigenvalue weighted by Gasteiger charge is -2.32. The quantitative estimate of drug-likeness (QED) is 0.650. The highest BCUT2D eigenvalue weighted by Gasteiger charge is 2.38. The van der Waals surface area contributed by atoms with Crippen molar-refractivity contribution >= 4 is 11.5 Å². The Morgan fingerprint density at radius 2 is 2.37 bits per heavy atom. The lowest BCUT2D eigenvalue weighted by atomic mass is 9.94. The summed E-state index contributed by atoms with van der Waals surface area (Å²) in [4.78, 5) is 25.8. The second-order valence-electron chi connectivity index (χ2n) is 4.38. The van der Waals surface area contributed by atoms with Crippen LogP contribution >= 0.6 is 0 Å². The average molecular weight is 266 g/mol. The number of carbonyl (C=O) groups is 1. The van der Waals surface area contributed by atoms with Crippen LogP contribution in [0.15, 0.2) is 18.5 Å². The highest BCUT2D eigenvalue weighted by atomic mass is 16.6. The van der Waals surface area contributed by atoms with Gasteiger partial charge in [0, 0.05) is 12.6 Å². The molecule has 0 bridgehead atoms. The van der Waals surface area contributed by atoms with Gasteiger partial charge in [-0.3, -0.25) is 19.9 Å². The maximum Gasteiger partial charge on any atom is 0.293 e. The molecule has 1 aromatic rings. The van der Waals surface area contributed by atoms with Gasteiger partial charge in [0.05, 0.1) is 22.7 Å². The minimum atomic E-state index is -1.15. The normalized spacial score (nSPS) is 27.3. The van der Waals surface area contributed by atoms with Crippen LogP contribution in [-0.4, -0.2) is 33.0 Å². The molecule has 0 saturated carbocycles. The van der Waals surface area contributed by atoms with Crippen LogP contribution in [0.1, 0.15) is 31.4 Å². The summed E-state index contributed by atoms with van der Waals surface area (Å²) in [6, 6.07) is 1.47. The average Bonchev–Trinajstić information content (AvgIpc) is 2.41. The fraction of sp³-hybridized carbons (Fsp3) is 0.500. The number of aliphatic hydroxyl groups is 1. The number of rotatable bonds is 3. The van der Waals surface area contributed by atoms with E-state index in [2.05, 4.69) is 4.98 Å². The molecule has 0 aromatic carbocycles. The number of nitro groups is 1. The first-order valence-electron chi connectivity index (χ1n) is 5.99. The molecule has 1 saturated heterocycles. The molecule has 0 radical (unpaired) electrons. The summed E-state index contributed by atoms with van der Waals surface area (Å²) >= 11 is 0. The number of ketones is 1. The second-order valence-corrected chi connectivity index (χ2v) is 4.38. The number of pyridine rings is 1. The lowest BCUT2D eigenvalue weighted by molar-refractivity contribution is -0.386. The van der Waals surface area contributed by atoms with Crippen LogP contribution < -0.4 is 0 Å². The molecule has 7 nitrogen and oxygen atoms in total. The van der Waals surface area contributed by atoms with Gasteiger partial charge in [-0.05, 0) is 12.5 Å². The van der Waals surface area contributed by atoms with Gasteiger partial charge in [0.2, 0.25) is 0 Å². The van der Waals surface area contributed by atoms with Crippen molar-refractivity contribution in [3.05, 3.63) is 34.1 Å². The van der Waals surface area contributed by atoms with Crippen LogP contribution in [0, 0.1) is 10.1 Å². The van der Waals surface area contributed by atoms with Crippen LogP contribution in [-0.2, 0) is 9.53 Å². The number of hydrogen-bond donors (Lipinski definition) is 1. The highest BCUT2D eigenvalue weighted by molar-refractivity contribution is 5.84. The molecule has 1 aliphatic rings. The van der Waals surface area contributed by atoms with Gasteiger partial charge in [-0.1, -0.05) is 6.92 Å². The van der Waals surface area contributed by atoms with E-state index in [4.69, 9.17) is 4.74 Å². The van der Waals surface area contributed by atoms with Crippen molar-refractivity contribution in [2.45, 2.75) is 38.1 Å². The summed E-state index contributed by atoms with van der Waals surface area (Å²) in [5, 5.41) is 20.6. The van der Waals surface area contributed by atoms with Gasteiger partial charge in [-0.15, -0.1) is 0 Å². The van der Waals surface area contributed by atoms with Gasteiger partial charge in [0.25, 0.3) is 5.69 Å². The molecule has 7 heteroatoms. The predicted molar refractivity (Wildman–Crippen MR) is 64.4 cm³/mol. The Kier molecular flexibility index (Phi) is 3.87. The third-order valence-corrected chi connectivity index (χ3v) is 3.19.